The van der Waals surface area contributed by atoms with E-state index >= 15 is 0 Å². The summed E-state index contributed by atoms with van der Waals surface area (Å²) in [7, 11) is 1.88. The molecule has 0 saturated carbocycles. The third kappa shape index (κ3) is 8.37. The Labute approximate surface area is 305 Å². The van der Waals surface area contributed by atoms with Gasteiger partial charge < -0.3 is 28.8 Å². The number of para-hydroxylation sites is 2. The molecule has 10 heteroatoms. The summed E-state index contributed by atoms with van der Waals surface area (Å²) in [6.45, 7) is 12.0. The maximum absolute atomic E-state index is 13.6. The van der Waals surface area contributed by atoms with Crippen molar-refractivity contribution in [2.45, 2.75) is 58.1 Å². The summed E-state index contributed by atoms with van der Waals surface area (Å²) in [5.74, 6) is 2.35. The third-order valence-electron chi connectivity index (χ3n) is 9.74. The fraction of sp³-hybridized carbons (Fsp3) is 0.400. The van der Waals surface area contributed by atoms with Crippen molar-refractivity contribution >= 4 is 46.1 Å². The van der Waals surface area contributed by atoms with E-state index in [4.69, 9.17) is 32.6 Å². The molecule has 1 amide bonds. The van der Waals surface area contributed by atoms with Crippen LogP contribution in [0.3, 0.4) is 0 Å². The van der Waals surface area contributed by atoms with Crippen molar-refractivity contribution in [3.05, 3.63) is 117 Å². The van der Waals surface area contributed by atoms with Crippen molar-refractivity contribution < 1.29 is 14.3 Å². The summed E-state index contributed by atoms with van der Waals surface area (Å²) in [5.41, 5.74) is 5.00. The van der Waals surface area contributed by atoms with Crippen LogP contribution in [0.4, 0.5) is 5.95 Å². The zero-order valence-electron chi connectivity index (χ0n) is 29.4. The fourth-order valence-electron chi connectivity index (χ4n) is 6.82. The molecule has 3 heterocycles. The van der Waals surface area contributed by atoms with Crippen molar-refractivity contribution in [2.75, 3.05) is 51.2 Å². The van der Waals surface area contributed by atoms with Gasteiger partial charge in [-0.1, -0.05) is 74.3 Å². The number of anilines is 1. The number of hydrogen-bond donors (Lipinski definition) is 1. The van der Waals surface area contributed by atoms with Crippen LogP contribution in [-0.4, -0.2) is 76.7 Å². The molecule has 0 aliphatic carbocycles. The zero-order chi connectivity index (χ0) is 35.4. The molecule has 1 saturated heterocycles. The molecule has 8 nitrogen and oxygen atoms in total. The van der Waals surface area contributed by atoms with Gasteiger partial charge in [-0.25, -0.2) is 4.98 Å². The standard InChI is InChI=1S/C40H47Cl2N5O3/c1-40(2,3)31-13-10-28(11-14-31)38(49)44(4)25-30(29-12-17-34(41)35(42)24-29)18-21-45-19-7-20-46(23-22-45)39-43-36-8-5-6-9-37(36)47(39)26-32-15-16-33(27-48)50-32/h5-6,8-17,24,30,48H,7,18-23,25-27H2,1-4H3. The van der Waals surface area contributed by atoms with Crippen molar-refractivity contribution in [2.24, 2.45) is 0 Å². The number of rotatable bonds is 11. The van der Waals surface area contributed by atoms with Crippen molar-refractivity contribution in [1.29, 1.82) is 0 Å². The second-order valence-corrected chi connectivity index (χ2v) is 15.2. The zero-order valence-corrected chi connectivity index (χ0v) is 30.9. The molecule has 1 fully saturated rings. The van der Waals surface area contributed by atoms with Gasteiger partial charge in [-0.05, 0) is 91.0 Å². The van der Waals surface area contributed by atoms with Gasteiger partial charge in [0, 0.05) is 44.7 Å². The monoisotopic (exact) mass is 715 g/mol. The van der Waals surface area contributed by atoms with Crippen LogP contribution in [0.5, 0.6) is 0 Å². The van der Waals surface area contributed by atoms with E-state index in [1.54, 1.807) is 0 Å². The maximum atomic E-state index is 13.6. The minimum absolute atomic E-state index is 0.00551. The second-order valence-electron chi connectivity index (χ2n) is 14.4. The molecule has 0 spiro atoms. The van der Waals surface area contributed by atoms with Gasteiger partial charge in [0.15, 0.2) is 0 Å². The minimum atomic E-state index is -0.122. The molecule has 1 atom stereocenters. The van der Waals surface area contributed by atoms with E-state index in [2.05, 4.69) is 53.3 Å². The first-order valence-electron chi connectivity index (χ1n) is 17.4. The largest absolute Gasteiger partial charge is 0.462 e. The fourth-order valence-corrected chi connectivity index (χ4v) is 7.12. The van der Waals surface area contributed by atoms with E-state index in [0.717, 1.165) is 73.9 Å². The number of fused-ring (bicyclic) bond motifs is 1. The lowest BCUT2D eigenvalue weighted by atomic mass is 9.86. The van der Waals surface area contributed by atoms with E-state index in [1.165, 1.54) is 5.56 Å². The Kier molecular flexibility index (Phi) is 11.2. The van der Waals surface area contributed by atoms with Crippen LogP contribution in [-0.2, 0) is 18.6 Å². The number of aliphatic hydroxyl groups excluding tert-OH is 1. The Balaban J connectivity index is 1.15. The Morgan fingerprint density at radius 1 is 0.940 bits per heavy atom. The minimum Gasteiger partial charge on any atom is -0.462 e. The molecule has 1 aliphatic rings. The van der Waals surface area contributed by atoms with Crippen LogP contribution in [0.1, 0.15) is 72.5 Å². The molecule has 6 rings (SSSR count). The summed E-state index contributed by atoms with van der Waals surface area (Å²) in [5, 5.41) is 10.6. The Morgan fingerprint density at radius 2 is 1.70 bits per heavy atom. The van der Waals surface area contributed by atoms with Crippen LogP contribution in [0.25, 0.3) is 11.0 Å². The molecule has 1 aliphatic heterocycles. The number of amides is 1. The second kappa shape index (κ2) is 15.6. The van der Waals surface area contributed by atoms with E-state index in [-0.39, 0.29) is 23.8 Å². The van der Waals surface area contributed by atoms with E-state index in [9.17, 15) is 9.90 Å². The summed E-state index contributed by atoms with van der Waals surface area (Å²) in [6.07, 6.45) is 1.86. The first-order valence-corrected chi connectivity index (χ1v) is 18.2. The lowest BCUT2D eigenvalue weighted by molar-refractivity contribution is 0.0782. The predicted molar refractivity (Wildman–Crippen MR) is 203 cm³/mol. The number of furan rings is 1. The molecule has 2 aromatic heterocycles. The van der Waals surface area contributed by atoms with Crippen LogP contribution in [0.15, 0.2) is 83.3 Å². The van der Waals surface area contributed by atoms with Crippen molar-refractivity contribution in [3.8, 4) is 0 Å². The highest BCUT2D eigenvalue weighted by Crippen LogP contribution is 2.31. The van der Waals surface area contributed by atoms with E-state index < -0.39 is 0 Å². The SMILES string of the molecule is CN(CC(CCN1CCCN(c2nc3ccccc3n2Cc2ccc(CO)o2)CC1)c1ccc(Cl)c(Cl)c1)C(=O)c1ccc(C(C)(C)C)cc1. The van der Waals surface area contributed by atoms with Gasteiger partial charge in [-0.15, -0.1) is 0 Å². The number of benzene rings is 3. The Morgan fingerprint density at radius 3 is 2.42 bits per heavy atom. The van der Waals surface area contributed by atoms with Gasteiger partial charge in [0.2, 0.25) is 5.95 Å². The van der Waals surface area contributed by atoms with Crippen LogP contribution < -0.4 is 4.90 Å². The number of imidazole rings is 1. The summed E-state index contributed by atoms with van der Waals surface area (Å²) in [6, 6.07) is 25.8. The highest BCUT2D eigenvalue weighted by molar-refractivity contribution is 6.42. The van der Waals surface area contributed by atoms with Crippen LogP contribution in [0.2, 0.25) is 10.0 Å². The summed E-state index contributed by atoms with van der Waals surface area (Å²) < 4.78 is 8.08. The molecular weight excluding hydrogens is 669 g/mol. The molecule has 0 bridgehead atoms. The molecular formula is C40H47Cl2N5O3. The van der Waals surface area contributed by atoms with Crippen LogP contribution in [0, 0.1) is 0 Å². The average molecular weight is 717 g/mol. The third-order valence-corrected chi connectivity index (χ3v) is 10.5. The van der Waals surface area contributed by atoms with Gasteiger partial charge in [-0.3, -0.25) is 4.79 Å². The number of aromatic nitrogens is 2. The molecule has 1 N–H and O–H groups in total. The highest BCUT2D eigenvalue weighted by atomic mass is 35.5. The number of hydrogen-bond acceptors (Lipinski definition) is 6. The molecule has 1 unspecified atom stereocenters. The highest BCUT2D eigenvalue weighted by Gasteiger charge is 2.25. The maximum Gasteiger partial charge on any atom is 0.253 e. The first kappa shape index (κ1) is 36.0. The molecule has 50 heavy (non-hydrogen) atoms. The van der Waals surface area contributed by atoms with Gasteiger partial charge in [0.1, 0.15) is 18.1 Å². The van der Waals surface area contributed by atoms with Crippen LogP contribution >= 0.6 is 23.2 Å². The van der Waals surface area contributed by atoms with E-state index in [1.807, 2.05) is 72.6 Å². The number of aliphatic hydroxyl groups is 1. The lowest BCUT2D eigenvalue weighted by Crippen LogP contribution is -2.35. The number of likely N-dealkylation sites (N-methyl/N-ethyl adjacent to an activating group) is 1. The van der Waals surface area contributed by atoms with Gasteiger partial charge in [0.05, 0.1) is 27.6 Å². The molecule has 0 radical (unpaired) electrons. The Bertz CT molecular complexity index is 1910. The smallest absolute Gasteiger partial charge is 0.253 e. The molecule has 3 aromatic carbocycles. The number of nitrogens with zero attached hydrogens (tertiary/aromatic N) is 5. The van der Waals surface area contributed by atoms with E-state index in [0.29, 0.717) is 34.5 Å². The predicted octanol–water partition coefficient (Wildman–Crippen LogP) is 8.23. The number of carbonyl (C=O) groups excluding carboxylic acids is 1. The van der Waals surface area contributed by atoms with Crippen molar-refractivity contribution in [3.63, 3.8) is 0 Å². The molecule has 5 aromatic rings. The quantitative estimate of drug-likeness (QED) is 0.149. The average Bonchev–Trinajstić information content (AvgIpc) is 3.64. The van der Waals surface area contributed by atoms with Gasteiger partial charge >= 0.3 is 0 Å². The van der Waals surface area contributed by atoms with Gasteiger partial charge in [-0.2, -0.15) is 0 Å². The number of carbonyl (C=O) groups is 1. The first-order chi connectivity index (χ1) is 24.0. The van der Waals surface area contributed by atoms with Gasteiger partial charge in [0.25, 0.3) is 5.91 Å². The topological polar surface area (TPSA) is 78.0 Å². The Hall–Kier alpha value is -3.82. The molecule has 264 valence electrons. The normalized spacial score (nSPS) is 15.0. The summed E-state index contributed by atoms with van der Waals surface area (Å²) in [4.78, 5) is 25.4. The lowest BCUT2D eigenvalue weighted by Gasteiger charge is -2.28. The van der Waals surface area contributed by atoms with Crippen molar-refractivity contribution in [1.82, 2.24) is 19.4 Å². The summed E-state index contributed by atoms with van der Waals surface area (Å²) >= 11 is 12.8. The number of halogens is 2.